The van der Waals surface area contributed by atoms with Crippen LogP contribution in [0.1, 0.15) is 10.4 Å². The smallest absolute Gasteiger partial charge is 0.267 e. The SMILES string of the molecule is O=C(NNc1nc(-c2ccccc2)c2cc(Cl)ccc2n1)c1ccc(Br)cc1. The first-order valence-electron chi connectivity index (χ1n) is 8.45. The molecule has 0 unspecified atom stereocenters. The van der Waals surface area contributed by atoms with E-state index in [-0.39, 0.29) is 5.91 Å². The topological polar surface area (TPSA) is 66.9 Å². The van der Waals surface area contributed by atoms with Gasteiger partial charge in [-0.15, -0.1) is 0 Å². The maximum Gasteiger partial charge on any atom is 0.269 e. The van der Waals surface area contributed by atoms with Gasteiger partial charge in [0.25, 0.3) is 5.91 Å². The number of fused-ring (bicyclic) bond motifs is 1. The molecule has 7 heteroatoms. The van der Waals surface area contributed by atoms with Gasteiger partial charge in [0.05, 0.1) is 11.2 Å². The predicted octanol–water partition coefficient (Wildman–Crippen LogP) is 5.47. The van der Waals surface area contributed by atoms with Crippen molar-refractivity contribution >= 4 is 50.3 Å². The third kappa shape index (κ3) is 3.98. The minimum absolute atomic E-state index is 0.284. The van der Waals surface area contributed by atoms with Crippen molar-refractivity contribution in [3.05, 3.63) is 87.9 Å². The molecule has 4 aromatic rings. The van der Waals surface area contributed by atoms with E-state index in [9.17, 15) is 4.79 Å². The lowest BCUT2D eigenvalue weighted by Gasteiger charge is -2.11. The molecule has 1 heterocycles. The van der Waals surface area contributed by atoms with Gasteiger partial charge in [-0.25, -0.2) is 9.97 Å². The quantitative estimate of drug-likeness (QED) is 0.402. The first-order valence-corrected chi connectivity index (χ1v) is 9.62. The number of hydrazine groups is 1. The van der Waals surface area contributed by atoms with Crippen LogP contribution >= 0.6 is 27.5 Å². The third-order valence-electron chi connectivity index (χ3n) is 4.10. The van der Waals surface area contributed by atoms with Gasteiger partial charge in [0.2, 0.25) is 5.95 Å². The Morgan fingerprint density at radius 1 is 0.929 bits per heavy atom. The van der Waals surface area contributed by atoms with E-state index in [1.165, 1.54) is 0 Å². The number of amides is 1. The summed E-state index contributed by atoms with van der Waals surface area (Å²) < 4.78 is 0.904. The molecule has 0 aliphatic carbocycles. The fraction of sp³-hybridized carbons (Fsp3) is 0. The van der Waals surface area contributed by atoms with Gasteiger partial charge in [-0.2, -0.15) is 0 Å². The van der Waals surface area contributed by atoms with E-state index < -0.39 is 0 Å². The summed E-state index contributed by atoms with van der Waals surface area (Å²) in [5.74, 6) is 0.00713. The van der Waals surface area contributed by atoms with Crippen molar-refractivity contribution in [1.82, 2.24) is 15.4 Å². The van der Waals surface area contributed by atoms with Crippen LogP contribution in [0.4, 0.5) is 5.95 Å². The Bertz CT molecular complexity index is 1150. The molecular weight excluding hydrogens is 440 g/mol. The van der Waals surface area contributed by atoms with Crippen molar-refractivity contribution < 1.29 is 4.79 Å². The first-order chi connectivity index (χ1) is 13.6. The molecule has 1 aromatic heterocycles. The van der Waals surface area contributed by atoms with Crippen LogP contribution in [0.3, 0.4) is 0 Å². The molecule has 0 saturated heterocycles. The molecule has 0 atom stereocenters. The van der Waals surface area contributed by atoms with Crippen molar-refractivity contribution in [2.75, 3.05) is 5.43 Å². The van der Waals surface area contributed by atoms with Gasteiger partial charge in [0.1, 0.15) is 0 Å². The lowest BCUT2D eigenvalue weighted by atomic mass is 10.1. The summed E-state index contributed by atoms with van der Waals surface area (Å²) in [5.41, 5.74) is 8.34. The Morgan fingerprint density at radius 3 is 2.43 bits per heavy atom. The van der Waals surface area contributed by atoms with Gasteiger partial charge in [0, 0.05) is 26.0 Å². The van der Waals surface area contributed by atoms with Gasteiger partial charge >= 0.3 is 0 Å². The molecule has 2 N–H and O–H groups in total. The van der Waals surface area contributed by atoms with Gasteiger partial charge in [-0.05, 0) is 42.5 Å². The number of rotatable bonds is 4. The minimum atomic E-state index is -0.284. The lowest BCUT2D eigenvalue weighted by Crippen LogP contribution is -2.30. The first kappa shape index (κ1) is 18.4. The maximum atomic E-state index is 12.3. The molecule has 0 aliphatic heterocycles. The second kappa shape index (κ2) is 7.96. The van der Waals surface area contributed by atoms with Crippen LogP contribution in [0, 0.1) is 0 Å². The number of benzene rings is 3. The number of nitrogens with one attached hydrogen (secondary N) is 2. The number of carbonyl (C=O) groups excluding carboxylic acids is 1. The normalized spacial score (nSPS) is 10.6. The van der Waals surface area contributed by atoms with Crippen LogP contribution < -0.4 is 10.9 Å². The molecule has 0 bridgehead atoms. The highest BCUT2D eigenvalue weighted by atomic mass is 79.9. The van der Waals surface area contributed by atoms with Crippen molar-refractivity contribution in [3.8, 4) is 11.3 Å². The number of anilines is 1. The maximum absolute atomic E-state index is 12.3. The van der Waals surface area contributed by atoms with Crippen molar-refractivity contribution in [2.24, 2.45) is 0 Å². The van der Waals surface area contributed by atoms with Crippen LogP contribution in [-0.4, -0.2) is 15.9 Å². The average molecular weight is 454 g/mol. The zero-order chi connectivity index (χ0) is 19.5. The second-order valence-corrected chi connectivity index (χ2v) is 7.36. The summed E-state index contributed by atoms with van der Waals surface area (Å²) in [6.07, 6.45) is 0. The molecule has 138 valence electrons. The van der Waals surface area contributed by atoms with Gasteiger partial charge in [-0.3, -0.25) is 15.6 Å². The number of nitrogens with zero attached hydrogens (tertiary/aromatic N) is 2. The number of aromatic nitrogens is 2. The molecular formula is C21H14BrClN4O. The minimum Gasteiger partial charge on any atom is -0.267 e. The summed E-state index contributed by atoms with van der Waals surface area (Å²) in [4.78, 5) is 21.4. The number of hydrogen-bond acceptors (Lipinski definition) is 4. The zero-order valence-corrected chi connectivity index (χ0v) is 16.8. The van der Waals surface area contributed by atoms with E-state index in [1.807, 2.05) is 42.5 Å². The van der Waals surface area contributed by atoms with E-state index in [2.05, 4.69) is 36.7 Å². The van der Waals surface area contributed by atoms with Crippen LogP contribution in [0.2, 0.25) is 5.02 Å². The van der Waals surface area contributed by atoms with Crippen molar-refractivity contribution in [3.63, 3.8) is 0 Å². The van der Waals surface area contributed by atoms with Gasteiger partial charge in [0.15, 0.2) is 0 Å². The second-order valence-electron chi connectivity index (χ2n) is 6.01. The Hall–Kier alpha value is -2.96. The van der Waals surface area contributed by atoms with E-state index in [0.717, 1.165) is 26.6 Å². The molecule has 1 amide bonds. The largest absolute Gasteiger partial charge is 0.269 e. The number of halogens is 2. The molecule has 0 spiro atoms. The molecule has 28 heavy (non-hydrogen) atoms. The Kier molecular flexibility index (Phi) is 5.23. The standard InChI is InChI=1S/C21H14BrClN4O/c22-15-8-6-14(7-9-15)20(28)26-27-21-24-18-11-10-16(23)12-17(18)19(25-21)13-4-2-1-3-5-13/h1-12H,(H,26,28)(H,24,25,27). The molecule has 0 aliphatic rings. The van der Waals surface area contributed by atoms with E-state index in [1.54, 1.807) is 30.3 Å². The fourth-order valence-electron chi connectivity index (χ4n) is 2.76. The molecule has 4 rings (SSSR count). The molecule has 0 radical (unpaired) electrons. The highest BCUT2D eigenvalue weighted by Crippen LogP contribution is 2.29. The molecule has 5 nitrogen and oxygen atoms in total. The van der Waals surface area contributed by atoms with E-state index >= 15 is 0 Å². The Balaban J connectivity index is 1.67. The zero-order valence-electron chi connectivity index (χ0n) is 14.5. The van der Waals surface area contributed by atoms with E-state index in [0.29, 0.717) is 16.5 Å². The highest BCUT2D eigenvalue weighted by Gasteiger charge is 2.12. The summed E-state index contributed by atoms with van der Waals surface area (Å²) >= 11 is 9.52. The summed E-state index contributed by atoms with van der Waals surface area (Å²) in [6.45, 7) is 0. The summed E-state index contributed by atoms with van der Waals surface area (Å²) in [7, 11) is 0. The van der Waals surface area contributed by atoms with Crippen LogP contribution in [0.5, 0.6) is 0 Å². The summed E-state index contributed by atoms with van der Waals surface area (Å²) in [6, 6.07) is 22.2. The van der Waals surface area contributed by atoms with Gasteiger partial charge < -0.3 is 0 Å². The molecule has 0 saturated carbocycles. The molecule has 0 fully saturated rings. The fourth-order valence-corrected chi connectivity index (χ4v) is 3.20. The lowest BCUT2D eigenvalue weighted by molar-refractivity contribution is 0.0962. The van der Waals surface area contributed by atoms with Crippen LogP contribution in [-0.2, 0) is 0 Å². The average Bonchev–Trinajstić information content (AvgIpc) is 2.72. The molecule has 3 aromatic carbocycles. The van der Waals surface area contributed by atoms with Crippen molar-refractivity contribution in [2.45, 2.75) is 0 Å². The van der Waals surface area contributed by atoms with Gasteiger partial charge in [-0.1, -0.05) is 57.9 Å². The highest BCUT2D eigenvalue weighted by molar-refractivity contribution is 9.10. The number of carbonyl (C=O) groups is 1. The number of hydrogen-bond donors (Lipinski definition) is 2. The Morgan fingerprint density at radius 2 is 1.68 bits per heavy atom. The summed E-state index contributed by atoms with van der Waals surface area (Å²) in [5, 5.41) is 1.45. The van der Waals surface area contributed by atoms with Crippen LogP contribution in [0.25, 0.3) is 22.2 Å². The third-order valence-corrected chi connectivity index (χ3v) is 4.86. The van der Waals surface area contributed by atoms with Crippen LogP contribution in [0.15, 0.2) is 77.3 Å². The monoisotopic (exact) mass is 452 g/mol. The predicted molar refractivity (Wildman–Crippen MR) is 115 cm³/mol. The van der Waals surface area contributed by atoms with Crippen molar-refractivity contribution in [1.29, 1.82) is 0 Å². The van der Waals surface area contributed by atoms with E-state index in [4.69, 9.17) is 11.6 Å². The Labute approximate surface area is 174 Å².